The molecule has 0 spiro atoms. The molecule has 3 rings (SSSR count). The van der Waals surface area contributed by atoms with Crippen LogP contribution in [0.25, 0.3) is 0 Å². The van der Waals surface area contributed by atoms with Gasteiger partial charge in [0.2, 0.25) is 0 Å². The maximum atomic E-state index is 12.7. The largest absolute Gasteiger partial charge is 0.481 e. The average Bonchev–Trinajstić information content (AvgIpc) is 2.85. The molecule has 1 aliphatic heterocycles. The summed E-state index contributed by atoms with van der Waals surface area (Å²) in [6.45, 7) is 2.99. The molecule has 1 aliphatic carbocycles. The van der Waals surface area contributed by atoms with Crippen molar-refractivity contribution in [1.29, 1.82) is 0 Å². The van der Waals surface area contributed by atoms with Crippen LogP contribution >= 0.6 is 0 Å². The molecule has 0 bridgehead atoms. The van der Waals surface area contributed by atoms with E-state index in [0.717, 1.165) is 36.9 Å². The van der Waals surface area contributed by atoms with Gasteiger partial charge in [0.15, 0.2) is 5.78 Å². The van der Waals surface area contributed by atoms with E-state index in [1.807, 2.05) is 6.92 Å². The van der Waals surface area contributed by atoms with Gasteiger partial charge in [-0.05, 0) is 44.1 Å². The van der Waals surface area contributed by atoms with Gasteiger partial charge in [-0.25, -0.2) is 0 Å². The third-order valence-electron chi connectivity index (χ3n) is 5.02. The van der Waals surface area contributed by atoms with Crippen molar-refractivity contribution in [3.8, 4) is 0 Å². The van der Waals surface area contributed by atoms with E-state index in [9.17, 15) is 14.4 Å². The first-order chi connectivity index (χ1) is 11.0. The molecule has 2 heterocycles. The highest BCUT2D eigenvalue weighted by molar-refractivity contribution is 6.04. The van der Waals surface area contributed by atoms with E-state index in [0.29, 0.717) is 30.8 Å². The number of carbonyl (C=O) groups is 3. The highest BCUT2D eigenvalue weighted by atomic mass is 16.4. The Hall–Kier alpha value is -2.11. The van der Waals surface area contributed by atoms with E-state index in [1.165, 1.54) is 0 Å². The number of H-pyrrole nitrogens is 1. The van der Waals surface area contributed by atoms with Crippen LogP contribution in [-0.4, -0.2) is 45.7 Å². The number of carboxylic acid groups (broad SMARTS) is 1. The van der Waals surface area contributed by atoms with Gasteiger partial charge in [0, 0.05) is 37.2 Å². The summed E-state index contributed by atoms with van der Waals surface area (Å²) in [5.41, 5.74) is 2.90. The molecule has 1 saturated heterocycles. The minimum absolute atomic E-state index is 0.0709. The summed E-state index contributed by atoms with van der Waals surface area (Å²) in [5.74, 6) is -0.574. The molecule has 0 unspecified atom stereocenters. The van der Waals surface area contributed by atoms with E-state index in [2.05, 4.69) is 4.98 Å². The number of likely N-dealkylation sites (tertiary alicyclic amines) is 1. The number of aromatic amines is 1. The number of nitrogens with zero attached hydrogens (tertiary/aromatic N) is 1. The fourth-order valence-corrected chi connectivity index (χ4v) is 3.73. The lowest BCUT2D eigenvalue weighted by Gasteiger charge is -2.31. The number of fused-ring (bicyclic) bond motifs is 1. The van der Waals surface area contributed by atoms with Crippen LogP contribution in [0.2, 0.25) is 0 Å². The monoisotopic (exact) mass is 318 g/mol. The van der Waals surface area contributed by atoms with E-state index < -0.39 is 5.97 Å². The number of Topliss-reactive ketones (excluding diaryl/α,β-unsaturated/α-hetero) is 1. The lowest BCUT2D eigenvalue weighted by Crippen LogP contribution is -2.39. The Kier molecular flexibility index (Phi) is 4.24. The zero-order valence-corrected chi connectivity index (χ0v) is 13.4. The Bertz CT molecular complexity index is 654. The summed E-state index contributed by atoms with van der Waals surface area (Å²) < 4.78 is 0. The molecule has 6 nitrogen and oxygen atoms in total. The molecular weight excluding hydrogens is 296 g/mol. The molecule has 2 aliphatic rings. The Morgan fingerprint density at radius 3 is 2.57 bits per heavy atom. The molecule has 1 aromatic heterocycles. The summed E-state index contributed by atoms with van der Waals surface area (Å²) in [4.78, 5) is 40.5. The molecule has 1 amide bonds. The van der Waals surface area contributed by atoms with Crippen LogP contribution in [0, 0.1) is 12.8 Å². The van der Waals surface area contributed by atoms with E-state index in [4.69, 9.17) is 5.11 Å². The molecule has 0 atom stereocenters. The molecule has 1 fully saturated rings. The van der Waals surface area contributed by atoms with Crippen LogP contribution in [0.3, 0.4) is 0 Å². The van der Waals surface area contributed by atoms with Gasteiger partial charge in [-0.1, -0.05) is 0 Å². The number of amides is 1. The molecular formula is C17H22N2O4. The lowest BCUT2D eigenvalue weighted by atomic mass is 9.92. The minimum Gasteiger partial charge on any atom is -0.481 e. The number of carboxylic acids is 1. The van der Waals surface area contributed by atoms with Crippen molar-refractivity contribution < 1.29 is 19.5 Å². The number of aromatic nitrogens is 1. The van der Waals surface area contributed by atoms with Crippen LogP contribution in [0.4, 0.5) is 0 Å². The van der Waals surface area contributed by atoms with Crippen LogP contribution < -0.4 is 0 Å². The Morgan fingerprint density at radius 2 is 1.96 bits per heavy atom. The van der Waals surface area contributed by atoms with Gasteiger partial charge in [-0.15, -0.1) is 0 Å². The minimum atomic E-state index is -0.777. The topological polar surface area (TPSA) is 90.5 Å². The van der Waals surface area contributed by atoms with E-state index in [-0.39, 0.29) is 24.0 Å². The first-order valence-electron chi connectivity index (χ1n) is 8.23. The Balaban J connectivity index is 1.72. The second-order valence-electron chi connectivity index (χ2n) is 6.59. The van der Waals surface area contributed by atoms with Crippen LogP contribution in [0.1, 0.15) is 64.2 Å². The highest BCUT2D eigenvalue weighted by Crippen LogP contribution is 2.28. The second-order valence-corrected chi connectivity index (χ2v) is 6.59. The number of hydrogen-bond donors (Lipinski definition) is 2. The summed E-state index contributed by atoms with van der Waals surface area (Å²) in [6, 6.07) is 0. The lowest BCUT2D eigenvalue weighted by molar-refractivity contribution is -0.138. The Morgan fingerprint density at radius 1 is 1.26 bits per heavy atom. The third kappa shape index (κ3) is 3.02. The fraction of sp³-hybridized carbons (Fsp3) is 0.588. The summed E-state index contributed by atoms with van der Waals surface area (Å²) in [7, 11) is 0. The number of hydrogen-bond acceptors (Lipinski definition) is 3. The van der Waals surface area contributed by atoms with Crippen molar-refractivity contribution in [2.24, 2.45) is 5.92 Å². The number of nitrogens with one attached hydrogen (secondary N) is 1. The molecule has 6 heteroatoms. The summed E-state index contributed by atoms with van der Waals surface area (Å²) in [5, 5.41) is 8.86. The predicted octanol–water partition coefficient (Wildman–Crippen LogP) is 2.17. The van der Waals surface area contributed by atoms with Gasteiger partial charge in [-0.3, -0.25) is 14.4 Å². The van der Waals surface area contributed by atoms with Gasteiger partial charge >= 0.3 is 5.97 Å². The van der Waals surface area contributed by atoms with Crippen molar-refractivity contribution >= 4 is 17.7 Å². The van der Waals surface area contributed by atoms with Crippen LogP contribution in [0.5, 0.6) is 0 Å². The first kappa shape index (κ1) is 15.8. The zero-order valence-electron chi connectivity index (χ0n) is 13.4. The highest BCUT2D eigenvalue weighted by Gasteiger charge is 2.30. The first-order valence-corrected chi connectivity index (χ1v) is 8.23. The molecule has 0 aromatic carbocycles. The number of ketones is 1. The van der Waals surface area contributed by atoms with Gasteiger partial charge in [0.25, 0.3) is 5.91 Å². The number of rotatable bonds is 3. The zero-order chi connectivity index (χ0) is 16.6. The van der Waals surface area contributed by atoms with E-state index in [1.54, 1.807) is 4.90 Å². The molecule has 0 saturated carbocycles. The molecule has 2 N–H and O–H groups in total. The number of piperidine rings is 1. The normalized spacial score (nSPS) is 18.8. The van der Waals surface area contributed by atoms with Crippen molar-refractivity contribution in [3.05, 3.63) is 22.5 Å². The van der Waals surface area contributed by atoms with Gasteiger partial charge in [0.1, 0.15) is 5.69 Å². The van der Waals surface area contributed by atoms with E-state index >= 15 is 0 Å². The molecule has 124 valence electrons. The predicted molar refractivity (Wildman–Crippen MR) is 83.7 cm³/mol. The standard InChI is InChI=1S/C17H22N2O4/c1-10-15-12(3-2-4-13(15)20)18-16(10)17(23)19-7-5-11(6-8-19)9-14(21)22/h11,18H,2-9H2,1H3,(H,21,22). The maximum Gasteiger partial charge on any atom is 0.303 e. The second kappa shape index (κ2) is 6.18. The van der Waals surface area contributed by atoms with Crippen molar-refractivity contribution in [3.63, 3.8) is 0 Å². The fourth-order valence-electron chi connectivity index (χ4n) is 3.73. The third-order valence-corrected chi connectivity index (χ3v) is 5.02. The van der Waals surface area contributed by atoms with Crippen LogP contribution in [-0.2, 0) is 11.2 Å². The summed E-state index contributed by atoms with van der Waals surface area (Å²) >= 11 is 0. The smallest absolute Gasteiger partial charge is 0.303 e. The van der Waals surface area contributed by atoms with Gasteiger partial charge < -0.3 is 15.0 Å². The average molecular weight is 318 g/mol. The Labute approximate surface area is 134 Å². The van der Waals surface area contributed by atoms with Gasteiger partial charge in [0.05, 0.1) is 0 Å². The van der Waals surface area contributed by atoms with Crippen molar-refractivity contribution in [2.75, 3.05) is 13.1 Å². The van der Waals surface area contributed by atoms with Crippen molar-refractivity contribution in [1.82, 2.24) is 9.88 Å². The maximum absolute atomic E-state index is 12.7. The van der Waals surface area contributed by atoms with Crippen LogP contribution in [0.15, 0.2) is 0 Å². The number of aliphatic carboxylic acids is 1. The SMILES string of the molecule is Cc1c(C(=O)N2CCC(CC(=O)O)CC2)[nH]c2c1C(=O)CCC2. The summed E-state index contributed by atoms with van der Waals surface area (Å²) in [6.07, 6.45) is 3.81. The molecule has 1 aromatic rings. The van der Waals surface area contributed by atoms with Crippen molar-refractivity contribution in [2.45, 2.75) is 45.4 Å². The molecule has 0 radical (unpaired) electrons. The van der Waals surface area contributed by atoms with Gasteiger partial charge in [-0.2, -0.15) is 0 Å². The number of carbonyl (C=O) groups excluding carboxylic acids is 2. The number of aryl methyl sites for hydroxylation is 1. The quantitative estimate of drug-likeness (QED) is 0.893. The molecule has 23 heavy (non-hydrogen) atoms.